The lowest BCUT2D eigenvalue weighted by atomic mass is 9.99. The second kappa shape index (κ2) is 5.80. The monoisotopic (exact) mass is 289 g/mol. The fourth-order valence-corrected chi connectivity index (χ4v) is 2.13. The topological polar surface area (TPSA) is 49.8 Å². The zero-order chi connectivity index (χ0) is 14.8. The number of para-hydroxylation sites is 1. The minimum atomic E-state index is -4.45. The number of carbonyl (C=O) groups is 1. The number of benzene rings is 1. The fraction of sp³-hybridized carbons (Fsp3) is 0.462. The zero-order valence-corrected chi connectivity index (χ0v) is 10.6. The Kier molecular flexibility index (Phi) is 4.29. The van der Waals surface area contributed by atoms with E-state index < -0.39 is 31.4 Å². The Hall–Kier alpha value is -1.60. The molecule has 0 radical (unpaired) electrons. The van der Waals surface area contributed by atoms with Crippen LogP contribution in [-0.2, 0) is 9.53 Å². The maximum atomic E-state index is 12.0. The van der Waals surface area contributed by atoms with E-state index in [1.54, 1.807) is 24.3 Å². The summed E-state index contributed by atoms with van der Waals surface area (Å²) < 4.78 is 40.2. The van der Waals surface area contributed by atoms with Gasteiger partial charge in [0.25, 0.3) is 5.91 Å². The van der Waals surface area contributed by atoms with Crippen molar-refractivity contribution in [1.29, 1.82) is 0 Å². The van der Waals surface area contributed by atoms with E-state index in [0.29, 0.717) is 17.7 Å². The van der Waals surface area contributed by atoms with Crippen LogP contribution in [0.25, 0.3) is 0 Å². The number of rotatable bonds is 3. The third-order valence-corrected chi connectivity index (χ3v) is 3.01. The van der Waals surface area contributed by atoms with Crippen molar-refractivity contribution in [3.63, 3.8) is 0 Å². The normalized spacial score (nSPS) is 18.8. The SMILES string of the molecule is O=C(COCC(F)(F)F)N1CCC(O)c2ccccc21. The van der Waals surface area contributed by atoms with E-state index >= 15 is 0 Å². The van der Waals surface area contributed by atoms with Crippen molar-refractivity contribution in [2.75, 3.05) is 24.7 Å². The number of aliphatic hydroxyl groups excluding tert-OH is 1. The molecule has 2 rings (SSSR count). The Morgan fingerprint density at radius 3 is 2.80 bits per heavy atom. The molecule has 0 aliphatic carbocycles. The fourth-order valence-electron chi connectivity index (χ4n) is 2.13. The second-order valence-corrected chi connectivity index (χ2v) is 4.52. The number of fused-ring (bicyclic) bond motifs is 1. The molecule has 0 bridgehead atoms. The predicted molar refractivity (Wildman–Crippen MR) is 65.2 cm³/mol. The maximum absolute atomic E-state index is 12.0. The average Bonchev–Trinajstić information content (AvgIpc) is 2.38. The van der Waals surface area contributed by atoms with Crippen LogP contribution >= 0.6 is 0 Å². The number of aliphatic hydroxyl groups is 1. The van der Waals surface area contributed by atoms with Gasteiger partial charge in [0.05, 0.1) is 6.10 Å². The van der Waals surface area contributed by atoms with Crippen LogP contribution in [0.5, 0.6) is 0 Å². The first-order valence-corrected chi connectivity index (χ1v) is 6.10. The van der Waals surface area contributed by atoms with E-state index in [2.05, 4.69) is 4.74 Å². The van der Waals surface area contributed by atoms with Crippen LogP contribution < -0.4 is 4.90 Å². The van der Waals surface area contributed by atoms with Gasteiger partial charge >= 0.3 is 6.18 Å². The van der Waals surface area contributed by atoms with E-state index in [4.69, 9.17) is 0 Å². The van der Waals surface area contributed by atoms with Gasteiger partial charge in [0.15, 0.2) is 0 Å². The smallest absolute Gasteiger partial charge is 0.388 e. The predicted octanol–water partition coefficient (Wildman–Crippen LogP) is 2.04. The molecule has 1 aromatic carbocycles. The van der Waals surface area contributed by atoms with Gasteiger partial charge in [0.2, 0.25) is 0 Å². The van der Waals surface area contributed by atoms with Gasteiger partial charge in [-0.3, -0.25) is 4.79 Å². The average molecular weight is 289 g/mol. The molecule has 7 heteroatoms. The van der Waals surface area contributed by atoms with Crippen molar-refractivity contribution in [2.45, 2.75) is 18.7 Å². The standard InChI is InChI=1S/C13H14F3NO3/c14-13(15,16)8-20-7-12(19)17-6-5-11(18)9-3-1-2-4-10(9)17/h1-4,11,18H,5-8H2. The molecule has 1 aliphatic heterocycles. The molecule has 1 aliphatic rings. The summed E-state index contributed by atoms with van der Waals surface area (Å²) in [6, 6.07) is 6.78. The van der Waals surface area contributed by atoms with Gasteiger partial charge in [-0.15, -0.1) is 0 Å². The summed E-state index contributed by atoms with van der Waals surface area (Å²) in [5, 5.41) is 9.83. The van der Waals surface area contributed by atoms with Gasteiger partial charge in [-0.1, -0.05) is 18.2 Å². The van der Waals surface area contributed by atoms with Crippen LogP contribution in [-0.4, -0.2) is 36.9 Å². The second-order valence-electron chi connectivity index (χ2n) is 4.52. The highest BCUT2D eigenvalue weighted by atomic mass is 19.4. The Morgan fingerprint density at radius 2 is 2.10 bits per heavy atom. The molecule has 1 heterocycles. The largest absolute Gasteiger partial charge is 0.411 e. The van der Waals surface area contributed by atoms with Crippen molar-refractivity contribution in [3.8, 4) is 0 Å². The number of alkyl halides is 3. The third-order valence-electron chi connectivity index (χ3n) is 3.01. The lowest BCUT2D eigenvalue weighted by molar-refractivity contribution is -0.175. The summed E-state index contributed by atoms with van der Waals surface area (Å²) in [4.78, 5) is 13.3. The molecule has 110 valence electrons. The van der Waals surface area contributed by atoms with Gasteiger partial charge < -0.3 is 14.7 Å². The Balaban J connectivity index is 2.03. The number of halogens is 3. The summed E-state index contributed by atoms with van der Waals surface area (Å²) in [7, 11) is 0. The molecule has 4 nitrogen and oxygen atoms in total. The van der Waals surface area contributed by atoms with Crippen molar-refractivity contribution in [1.82, 2.24) is 0 Å². The van der Waals surface area contributed by atoms with Gasteiger partial charge in [0.1, 0.15) is 13.2 Å². The number of nitrogens with zero attached hydrogens (tertiary/aromatic N) is 1. The highest BCUT2D eigenvalue weighted by Crippen LogP contribution is 2.33. The van der Waals surface area contributed by atoms with E-state index in [1.165, 1.54) is 4.90 Å². The van der Waals surface area contributed by atoms with E-state index in [0.717, 1.165) is 0 Å². The lowest BCUT2D eigenvalue weighted by Gasteiger charge is -2.32. The van der Waals surface area contributed by atoms with Gasteiger partial charge in [-0.25, -0.2) is 0 Å². The van der Waals surface area contributed by atoms with Crippen molar-refractivity contribution >= 4 is 11.6 Å². The van der Waals surface area contributed by atoms with Crippen LogP contribution in [0.3, 0.4) is 0 Å². The molecular weight excluding hydrogens is 275 g/mol. The first-order valence-electron chi connectivity index (χ1n) is 6.10. The molecule has 1 amide bonds. The summed E-state index contributed by atoms with van der Waals surface area (Å²) in [6.07, 6.45) is -4.76. The maximum Gasteiger partial charge on any atom is 0.411 e. The van der Waals surface area contributed by atoms with E-state index in [-0.39, 0.29) is 6.54 Å². The van der Waals surface area contributed by atoms with Crippen molar-refractivity contribution in [2.24, 2.45) is 0 Å². The first kappa shape index (κ1) is 14.8. The molecule has 1 unspecified atom stereocenters. The molecule has 0 saturated carbocycles. The quantitative estimate of drug-likeness (QED) is 0.926. The molecule has 0 saturated heterocycles. The van der Waals surface area contributed by atoms with Gasteiger partial charge in [-0.2, -0.15) is 13.2 Å². The molecule has 0 aromatic heterocycles. The first-order chi connectivity index (χ1) is 9.38. The molecule has 0 fully saturated rings. The Bertz CT molecular complexity index is 490. The van der Waals surface area contributed by atoms with Crippen molar-refractivity contribution < 1.29 is 27.8 Å². The molecule has 1 atom stereocenters. The Labute approximate surface area is 113 Å². The molecular formula is C13H14F3NO3. The number of ether oxygens (including phenoxy) is 1. The van der Waals surface area contributed by atoms with Crippen LogP contribution in [0.15, 0.2) is 24.3 Å². The zero-order valence-electron chi connectivity index (χ0n) is 10.6. The number of hydrogen-bond donors (Lipinski definition) is 1. The number of hydrogen-bond acceptors (Lipinski definition) is 3. The van der Waals surface area contributed by atoms with Crippen LogP contribution in [0.1, 0.15) is 18.1 Å². The molecule has 1 aromatic rings. The highest BCUT2D eigenvalue weighted by molar-refractivity contribution is 5.95. The van der Waals surface area contributed by atoms with E-state index in [1.807, 2.05) is 0 Å². The molecule has 0 spiro atoms. The van der Waals surface area contributed by atoms with Crippen LogP contribution in [0.4, 0.5) is 18.9 Å². The summed E-state index contributed by atoms with van der Waals surface area (Å²) in [5.74, 6) is -0.548. The number of amides is 1. The Morgan fingerprint density at radius 1 is 1.40 bits per heavy atom. The van der Waals surface area contributed by atoms with Crippen molar-refractivity contribution in [3.05, 3.63) is 29.8 Å². The molecule has 20 heavy (non-hydrogen) atoms. The van der Waals surface area contributed by atoms with Crippen LogP contribution in [0.2, 0.25) is 0 Å². The van der Waals surface area contributed by atoms with E-state index in [9.17, 15) is 23.1 Å². The summed E-state index contributed by atoms with van der Waals surface area (Å²) in [6.45, 7) is -1.83. The molecule has 1 N–H and O–H groups in total. The lowest BCUT2D eigenvalue weighted by Crippen LogP contribution is -2.39. The number of carbonyl (C=O) groups excluding carboxylic acids is 1. The van der Waals surface area contributed by atoms with Gasteiger partial charge in [0, 0.05) is 17.8 Å². The highest BCUT2D eigenvalue weighted by Gasteiger charge is 2.30. The minimum absolute atomic E-state index is 0.256. The van der Waals surface area contributed by atoms with Crippen LogP contribution in [0, 0.1) is 0 Å². The minimum Gasteiger partial charge on any atom is -0.388 e. The van der Waals surface area contributed by atoms with Gasteiger partial charge in [-0.05, 0) is 12.5 Å². The summed E-state index contributed by atoms with van der Waals surface area (Å²) in [5.41, 5.74) is 1.12. The number of anilines is 1. The third kappa shape index (κ3) is 3.49. The summed E-state index contributed by atoms with van der Waals surface area (Å²) >= 11 is 0.